The third-order valence-corrected chi connectivity index (χ3v) is 2.05. The lowest BCUT2D eigenvalue weighted by atomic mass is 10.1. The summed E-state index contributed by atoms with van der Waals surface area (Å²) in [6.07, 6.45) is -2.19. The maximum atomic E-state index is 11.7. The van der Waals surface area contributed by atoms with Crippen LogP contribution in [0.25, 0.3) is 0 Å². The van der Waals surface area contributed by atoms with Crippen LogP contribution in [0.2, 0.25) is 0 Å². The second-order valence-electron chi connectivity index (χ2n) is 2.89. The third kappa shape index (κ3) is 8.18. The van der Waals surface area contributed by atoms with Gasteiger partial charge in [0, 0.05) is 11.8 Å². The van der Waals surface area contributed by atoms with E-state index in [1.165, 1.54) is 0 Å². The normalized spacial score (nSPS) is 14.8. The Labute approximate surface area is 76.1 Å². The molecule has 0 heterocycles. The Morgan fingerprint density at radius 2 is 1.83 bits per heavy atom. The van der Waals surface area contributed by atoms with Gasteiger partial charge in [-0.05, 0) is 12.8 Å². The van der Waals surface area contributed by atoms with Gasteiger partial charge in [-0.2, -0.15) is 13.2 Å². The summed E-state index contributed by atoms with van der Waals surface area (Å²) in [6, 6.07) is 0. The molecule has 0 saturated carbocycles. The second kappa shape index (κ2) is 5.68. The lowest BCUT2D eigenvalue weighted by Crippen LogP contribution is -2.10. The van der Waals surface area contributed by atoms with E-state index in [2.05, 4.69) is 0 Å². The Bertz CT molecular complexity index is 111. The van der Waals surface area contributed by atoms with Crippen molar-refractivity contribution in [1.29, 1.82) is 0 Å². The minimum absolute atomic E-state index is 0.0467. The standard InChI is InChI=1S/C8H14ClF3/c1-2-3-4-7(9)5-6-8(10,11)12/h7H,2-6H2,1H3. The molecule has 0 rings (SSSR count). The first-order chi connectivity index (χ1) is 5.45. The molecule has 0 N–H and O–H groups in total. The van der Waals surface area contributed by atoms with E-state index in [1.807, 2.05) is 6.92 Å². The lowest BCUT2D eigenvalue weighted by molar-refractivity contribution is -0.135. The maximum absolute atomic E-state index is 11.7. The molecule has 0 spiro atoms. The molecule has 0 nitrogen and oxygen atoms in total. The molecule has 0 aromatic carbocycles. The fourth-order valence-corrected chi connectivity index (χ4v) is 1.15. The second-order valence-corrected chi connectivity index (χ2v) is 3.51. The predicted molar refractivity (Wildman–Crippen MR) is 44.5 cm³/mol. The highest BCUT2D eigenvalue weighted by molar-refractivity contribution is 6.20. The van der Waals surface area contributed by atoms with Crippen LogP contribution in [0.3, 0.4) is 0 Å². The average Bonchev–Trinajstić information content (AvgIpc) is 1.95. The molecule has 0 aliphatic carbocycles. The van der Waals surface area contributed by atoms with Gasteiger partial charge in [-0.1, -0.05) is 19.8 Å². The van der Waals surface area contributed by atoms with Crippen molar-refractivity contribution in [2.24, 2.45) is 0 Å². The van der Waals surface area contributed by atoms with Crippen LogP contribution >= 0.6 is 11.6 Å². The van der Waals surface area contributed by atoms with Gasteiger partial charge in [0.25, 0.3) is 0 Å². The maximum Gasteiger partial charge on any atom is 0.389 e. The first-order valence-electron chi connectivity index (χ1n) is 4.16. The number of rotatable bonds is 5. The Hall–Kier alpha value is 0.0800. The van der Waals surface area contributed by atoms with E-state index in [4.69, 9.17) is 11.6 Å². The zero-order chi connectivity index (χ0) is 9.61. The van der Waals surface area contributed by atoms with Crippen LogP contribution in [-0.2, 0) is 0 Å². The molecule has 74 valence electrons. The van der Waals surface area contributed by atoms with Crippen LogP contribution < -0.4 is 0 Å². The summed E-state index contributed by atoms with van der Waals surface area (Å²) in [5.74, 6) is 0. The quantitative estimate of drug-likeness (QED) is 0.588. The first-order valence-corrected chi connectivity index (χ1v) is 4.60. The highest BCUT2D eigenvalue weighted by Crippen LogP contribution is 2.25. The minimum Gasteiger partial charge on any atom is -0.171 e. The van der Waals surface area contributed by atoms with Crippen molar-refractivity contribution in [2.75, 3.05) is 0 Å². The van der Waals surface area contributed by atoms with Crippen LogP contribution in [0.4, 0.5) is 13.2 Å². The number of hydrogen-bond donors (Lipinski definition) is 0. The van der Waals surface area contributed by atoms with Gasteiger partial charge in [-0.25, -0.2) is 0 Å². The monoisotopic (exact) mass is 202 g/mol. The first kappa shape index (κ1) is 12.1. The molecule has 1 atom stereocenters. The van der Waals surface area contributed by atoms with Crippen molar-refractivity contribution in [3.63, 3.8) is 0 Å². The van der Waals surface area contributed by atoms with Crippen molar-refractivity contribution < 1.29 is 13.2 Å². The molecular weight excluding hydrogens is 189 g/mol. The van der Waals surface area contributed by atoms with Crippen LogP contribution in [0, 0.1) is 0 Å². The Balaban J connectivity index is 3.37. The van der Waals surface area contributed by atoms with Gasteiger partial charge in [0.2, 0.25) is 0 Å². The van der Waals surface area contributed by atoms with Crippen molar-refractivity contribution >= 4 is 11.6 Å². The summed E-state index contributed by atoms with van der Waals surface area (Å²) >= 11 is 5.67. The van der Waals surface area contributed by atoms with Crippen molar-refractivity contribution in [1.82, 2.24) is 0 Å². The van der Waals surface area contributed by atoms with Gasteiger partial charge in [0.05, 0.1) is 0 Å². The third-order valence-electron chi connectivity index (χ3n) is 1.61. The number of unbranched alkanes of at least 4 members (excludes halogenated alkanes) is 1. The zero-order valence-electron chi connectivity index (χ0n) is 7.12. The molecule has 12 heavy (non-hydrogen) atoms. The molecule has 0 amide bonds. The van der Waals surface area contributed by atoms with E-state index in [0.29, 0.717) is 6.42 Å². The summed E-state index contributed by atoms with van der Waals surface area (Å²) in [6.45, 7) is 1.99. The van der Waals surface area contributed by atoms with Crippen molar-refractivity contribution in [3.05, 3.63) is 0 Å². The number of alkyl halides is 4. The van der Waals surface area contributed by atoms with Crippen molar-refractivity contribution in [3.8, 4) is 0 Å². The molecule has 0 aliphatic rings. The fourth-order valence-electron chi connectivity index (χ4n) is 0.890. The molecule has 0 saturated heterocycles. The summed E-state index contributed by atoms with van der Waals surface area (Å²) < 4.78 is 35.0. The summed E-state index contributed by atoms with van der Waals surface area (Å²) in [5, 5.41) is -0.313. The Kier molecular flexibility index (Phi) is 5.72. The lowest BCUT2D eigenvalue weighted by Gasteiger charge is -2.10. The average molecular weight is 203 g/mol. The van der Waals surface area contributed by atoms with Crippen LogP contribution in [-0.4, -0.2) is 11.6 Å². The van der Waals surface area contributed by atoms with Crippen LogP contribution in [0.1, 0.15) is 39.0 Å². The van der Waals surface area contributed by atoms with Gasteiger partial charge in [0.15, 0.2) is 0 Å². The van der Waals surface area contributed by atoms with Gasteiger partial charge >= 0.3 is 6.18 Å². The molecule has 0 aliphatic heterocycles. The van der Waals surface area contributed by atoms with Gasteiger partial charge < -0.3 is 0 Å². The topological polar surface area (TPSA) is 0 Å². The molecular formula is C8H14ClF3. The number of hydrogen-bond acceptors (Lipinski definition) is 0. The van der Waals surface area contributed by atoms with Crippen molar-refractivity contribution in [2.45, 2.75) is 50.6 Å². The molecule has 0 radical (unpaired) electrons. The molecule has 0 bridgehead atoms. The van der Waals surface area contributed by atoms with Crippen LogP contribution in [0.5, 0.6) is 0 Å². The van der Waals surface area contributed by atoms with E-state index in [-0.39, 0.29) is 11.8 Å². The molecule has 0 aromatic rings. The molecule has 4 heteroatoms. The van der Waals surface area contributed by atoms with E-state index >= 15 is 0 Å². The van der Waals surface area contributed by atoms with Crippen LogP contribution in [0.15, 0.2) is 0 Å². The molecule has 1 unspecified atom stereocenters. The van der Waals surface area contributed by atoms with E-state index in [9.17, 15) is 13.2 Å². The SMILES string of the molecule is CCCCC(Cl)CCC(F)(F)F. The zero-order valence-corrected chi connectivity index (χ0v) is 7.88. The van der Waals surface area contributed by atoms with E-state index < -0.39 is 12.6 Å². The molecule has 0 aromatic heterocycles. The van der Waals surface area contributed by atoms with E-state index in [0.717, 1.165) is 12.8 Å². The highest BCUT2D eigenvalue weighted by atomic mass is 35.5. The Morgan fingerprint density at radius 3 is 2.25 bits per heavy atom. The largest absolute Gasteiger partial charge is 0.389 e. The van der Waals surface area contributed by atoms with Gasteiger partial charge in [-0.3, -0.25) is 0 Å². The van der Waals surface area contributed by atoms with E-state index in [1.54, 1.807) is 0 Å². The summed E-state index contributed by atoms with van der Waals surface area (Å²) in [5.41, 5.74) is 0. The minimum atomic E-state index is -4.06. The van der Waals surface area contributed by atoms with Gasteiger partial charge in [0.1, 0.15) is 0 Å². The summed E-state index contributed by atoms with van der Waals surface area (Å²) in [4.78, 5) is 0. The molecule has 0 fully saturated rings. The van der Waals surface area contributed by atoms with Gasteiger partial charge in [-0.15, -0.1) is 11.6 Å². The highest BCUT2D eigenvalue weighted by Gasteiger charge is 2.27. The smallest absolute Gasteiger partial charge is 0.171 e. The summed E-state index contributed by atoms with van der Waals surface area (Å²) in [7, 11) is 0. The predicted octanol–water partition coefficient (Wildman–Crippen LogP) is 4.13. The fraction of sp³-hybridized carbons (Fsp3) is 1.00. The Morgan fingerprint density at radius 1 is 1.25 bits per heavy atom. The number of halogens is 4.